The van der Waals surface area contributed by atoms with Crippen LogP contribution >= 0.6 is 0 Å². The van der Waals surface area contributed by atoms with Crippen LogP contribution in [0, 0.1) is 5.82 Å². The van der Waals surface area contributed by atoms with Gasteiger partial charge < -0.3 is 9.67 Å². The molecule has 0 aliphatic heterocycles. The summed E-state index contributed by atoms with van der Waals surface area (Å²) in [6.45, 7) is 2.29. The van der Waals surface area contributed by atoms with Crippen molar-refractivity contribution in [3.63, 3.8) is 0 Å². The van der Waals surface area contributed by atoms with Gasteiger partial charge in [-0.25, -0.2) is 9.37 Å². The van der Waals surface area contributed by atoms with E-state index in [1.54, 1.807) is 17.7 Å². The molecule has 1 aromatic heterocycles. The first kappa shape index (κ1) is 14.5. The van der Waals surface area contributed by atoms with E-state index in [4.69, 9.17) is 0 Å². The summed E-state index contributed by atoms with van der Waals surface area (Å²) >= 11 is 0. The van der Waals surface area contributed by atoms with Crippen molar-refractivity contribution in [3.8, 4) is 0 Å². The maximum absolute atomic E-state index is 13.3. The van der Waals surface area contributed by atoms with Crippen molar-refractivity contribution in [1.29, 1.82) is 0 Å². The molecule has 0 aliphatic rings. The van der Waals surface area contributed by atoms with Crippen LogP contribution < -0.4 is 0 Å². The highest BCUT2D eigenvalue weighted by Crippen LogP contribution is 2.32. The Kier molecular flexibility index (Phi) is 3.80. The van der Waals surface area contributed by atoms with E-state index in [-0.39, 0.29) is 11.4 Å². The first-order valence-electron chi connectivity index (χ1n) is 5.89. The summed E-state index contributed by atoms with van der Waals surface area (Å²) in [6, 6.07) is 1.99. The first-order valence-corrected chi connectivity index (χ1v) is 5.89. The van der Waals surface area contributed by atoms with E-state index in [1.807, 2.05) is 0 Å². The Morgan fingerprint density at radius 2 is 2.00 bits per heavy atom. The highest BCUT2D eigenvalue weighted by atomic mass is 19.4. The number of aryl methyl sites for hydroxylation is 1. The Hall–Kier alpha value is -1.89. The summed E-state index contributed by atoms with van der Waals surface area (Å²) in [5, 5.41) is 10.1. The zero-order valence-electron chi connectivity index (χ0n) is 10.5. The van der Waals surface area contributed by atoms with Crippen LogP contribution in [-0.4, -0.2) is 14.7 Å². The number of rotatable bonds is 3. The molecule has 7 heteroatoms. The summed E-state index contributed by atoms with van der Waals surface area (Å²) in [5.74, 6) is -0.880. The molecule has 20 heavy (non-hydrogen) atoms. The van der Waals surface area contributed by atoms with E-state index < -0.39 is 23.7 Å². The van der Waals surface area contributed by atoms with Crippen molar-refractivity contribution in [2.45, 2.75) is 25.7 Å². The molecule has 1 N–H and O–H groups in total. The fraction of sp³-hybridized carbons (Fsp3) is 0.308. The number of aliphatic hydroxyl groups is 1. The van der Waals surface area contributed by atoms with Gasteiger partial charge in [0.1, 0.15) is 17.7 Å². The van der Waals surface area contributed by atoms with Crippen LogP contribution in [0.4, 0.5) is 17.6 Å². The van der Waals surface area contributed by atoms with Gasteiger partial charge in [-0.05, 0) is 30.7 Å². The minimum absolute atomic E-state index is 0.172. The van der Waals surface area contributed by atoms with Gasteiger partial charge >= 0.3 is 6.18 Å². The van der Waals surface area contributed by atoms with Crippen molar-refractivity contribution in [3.05, 3.63) is 53.4 Å². The van der Waals surface area contributed by atoms with Crippen molar-refractivity contribution >= 4 is 0 Å². The summed E-state index contributed by atoms with van der Waals surface area (Å²) in [4.78, 5) is 3.89. The quantitative estimate of drug-likeness (QED) is 0.881. The third-order valence-electron chi connectivity index (χ3n) is 2.90. The fourth-order valence-electron chi connectivity index (χ4n) is 1.92. The number of hydrogen-bond acceptors (Lipinski definition) is 2. The molecular weight excluding hydrogens is 276 g/mol. The van der Waals surface area contributed by atoms with Crippen molar-refractivity contribution < 1.29 is 22.7 Å². The van der Waals surface area contributed by atoms with Crippen LogP contribution in [0.3, 0.4) is 0 Å². The van der Waals surface area contributed by atoms with Gasteiger partial charge in [0.05, 0.1) is 5.56 Å². The zero-order chi connectivity index (χ0) is 14.9. The third kappa shape index (κ3) is 2.82. The highest BCUT2D eigenvalue weighted by molar-refractivity contribution is 5.31. The highest BCUT2D eigenvalue weighted by Gasteiger charge is 2.32. The van der Waals surface area contributed by atoms with Gasteiger partial charge in [-0.15, -0.1) is 0 Å². The Labute approximate surface area is 112 Å². The molecule has 0 fully saturated rings. The number of nitrogens with zero attached hydrogens (tertiary/aromatic N) is 2. The SMILES string of the molecule is CCn1ccnc1C(O)c1cc(F)cc(C(F)(F)F)c1. The molecule has 108 valence electrons. The number of aliphatic hydroxyl groups excluding tert-OH is 1. The molecule has 0 saturated heterocycles. The smallest absolute Gasteiger partial charge is 0.380 e. The summed E-state index contributed by atoms with van der Waals surface area (Å²) in [5.41, 5.74) is -1.32. The van der Waals surface area contributed by atoms with Gasteiger partial charge in [-0.3, -0.25) is 0 Å². The number of imidazole rings is 1. The van der Waals surface area contributed by atoms with Crippen LogP contribution in [0.5, 0.6) is 0 Å². The van der Waals surface area contributed by atoms with Gasteiger partial charge in [0.2, 0.25) is 0 Å². The average molecular weight is 288 g/mol. The molecule has 1 unspecified atom stereocenters. The molecule has 1 aromatic carbocycles. The predicted molar refractivity (Wildman–Crippen MR) is 63.4 cm³/mol. The summed E-state index contributed by atoms with van der Waals surface area (Å²) in [7, 11) is 0. The second-order valence-corrected chi connectivity index (χ2v) is 4.24. The molecule has 2 rings (SSSR count). The van der Waals surface area contributed by atoms with E-state index >= 15 is 0 Å². The Morgan fingerprint density at radius 3 is 2.60 bits per heavy atom. The number of aromatic nitrogens is 2. The maximum Gasteiger partial charge on any atom is 0.416 e. The molecule has 1 heterocycles. The van der Waals surface area contributed by atoms with Crippen LogP contribution in [-0.2, 0) is 12.7 Å². The number of halogens is 4. The lowest BCUT2D eigenvalue weighted by Gasteiger charge is -2.15. The van der Waals surface area contributed by atoms with Crippen LogP contribution in [0.25, 0.3) is 0 Å². The normalized spacial score (nSPS) is 13.5. The van der Waals surface area contributed by atoms with Gasteiger partial charge in [-0.2, -0.15) is 13.2 Å². The molecule has 3 nitrogen and oxygen atoms in total. The Bertz CT molecular complexity index is 607. The lowest BCUT2D eigenvalue weighted by molar-refractivity contribution is -0.137. The molecule has 0 aliphatic carbocycles. The van der Waals surface area contributed by atoms with Crippen LogP contribution in [0.15, 0.2) is 30.6 Å². The Morgan fingerprint density at radius 1 is 1.30 bits per heavy atom. The van der Waals surface area contributed by atoms with Gasteiger partial charge in [0.15, 0.2) is 0 Å². The monoisotopic (exact) mass is 288 g/mol. The van der Waals surface area contributed by atoms with Gasteiger partial charge in [0.25, 0.3) is 0 Å². The summed E-state index contributed by atoms with van der Waals surface area (Å²) in [6.07, 6.45) is -3.08. The first-order chi connectivity index (χ1) is 9.32. The zero-order valence-corrected chi connectivity index (χ0v) is 10.5. The average Bonchev–Trinajstić information content (AvgIpc) is 2.84. The summed E-state index contributed by atoms with van der Waals surface area (Å²) < 4.78 is 52.8. The van der Waals surface area contributed by atoms with Gasteiger partial charge in [0, 0.05) is 18.9 Å². The fourth-order valence-corrected chi connectivity index (χ4v) is 1.92. The van der Waals surface area contributed by atoms with E-state index in [2.05, 4.69) is 4.98 Å². The number of alkyl halides is 3. The van der Waals surface area contributed by atoms with E-state index in [0.29, 0.717) is 12.6 Å². The molecule has 0 spiro atoms. The van der Waals surface area contributed by atoms with Crippen molar-refractivity contribution in [2.75, 3.05) is 0 Å². The largest absolute Gasteiger partial charge is 0.416 e. The van der Waals surface area contributed by atoms with Crippen LogP contribution in [0.2, 0.25) is 0 Å². The molecule has 2 aromatic rings. The lowest BCUT2D eigenvalue weighted by atomic mass is 10.0. The predicted octanol–water partition coefficient (Wildman–Crippen LogP) is 3.14. The lowest BCUT2D eigenvalue weighted by Crippen LogP contribution is -2.12. The van der Waals surface area contributed by atoms with E-state index in [0.717, 1.165) is 12.1 Å². The number of benzene rings is 1. The molecular formula is C13H12F4N2O. The molecule has 0 bridgehead atoms. The van der Waals surface area contributed by atoms with Gasteiger partial charge in [-0.1, -0.05) is 0 Å². The van der Waals surface area contributed by atoms with E-state index in [9.17, 15) is 22.7 Å². The third-order valence-corrected chi connectivity index (χ3v) is 2.90. The topological polar surface area (TPSA) is 38.0 Å². The standard InChI is InChI=1S/C13H12F4N2O/c1-2-19-4-3-18-12(19)11(20)8-5-9(13(15,16)17)7-10(14)6-8/h3-7,11,20H,2H2,1H3. The second kappa shape index (κ2) is 5.24. The molecule has 0 amide bonds. The second-order valence-electron chi connectivity index (χ2n) is 4.24. The number of hydrogen-bond donors (Lipinski definition) is 1. The van der Waals surface area contributed by atoms with E-state index in [1.165, 1.54) is 6.20 Å². The van der Waals surface area contributed by atoms with Crippen molar-refractivity contribution in [1.82, 2.24) is 9.55 Å². The van der Waals surface area contributed by atoms with Crippen LogP contribution in [0.1, 0.15) is 30.0 Å². The molecule has 1 atom stereocenters. The Balaban J connectivity index is 2.45. The molecule has 0 radical (unpaired) electrons. The minimum Gasteiger partial charge on any atom is -0.380 e. The minimum atomic E-state index is -4.67. The maximum atomic E-state index is 13.3. The molecule has 0 saturated carbocycles. The van der Waals surface area contributed by atoms with Crippen molar-refractivity contribution in [2.24, 2.45) is 0 Å².